The number of benzene rings is 2. The number of phenolic OH excluding ortho intramolecular Hbond substituents is 1. The molecule has 0 aliphatic carbocycles. The zero-order valence-electron chi connectivity index (χ0n) is 17.6. The molecule has 0 saturated carbocycles. The molecule has 1 saturated heterocycles. The van der Waals surface area contributed by atoms with Crippen LogP contribution in [0.2, 0.25) is 0 Å². The second-order valence-corrected chi connectivity index (χ2v) is 7.67. The molecular formula is C23H32N2O4. The van der Waals surface area contributed by atoms with Gasteiger partial charge in [0.15, 0.2) is 0 Å². The van der Waals surface area contributed by atoms with Crippen LogP contribution in [0.25, 0.3) is 0 Å². The first-order valence-corrected chi connectivity index (χ1v) is 10.1. The molecule has 0 radical (unpaired) electrons. The maximum atomic E-state index is 10.3. The van der Waals surface area contributed by atoms with Crippen LogP contribution in [0.4, 0.5) is 0 Å². The van der Waals surface area contributed by atoms with Crippen LogP contribution in [0.1, 0.15) is 23.1 Å². The van der Waals surface area contributed by atoms with Gasteiger partial charge in [-0.2, -0.15) is 0 Å². The smallest absolute Gasteiger partial charge is 0.123 e. The van der Waals surface area contributed by atoms with Crippen LogP contribution in [0.3, 0.4) is 0 Å². The predicted molar refractivity (Wildman–Crippen MR) is 114 cm³/mol. The Morgan fingerprint density at radius 2 is 1.86 bits per heavy atom. The summed E-state index contributed by atoms with van der Waals surface area (Å²) in [5.41, 5.74) is 3.29. The Morgan fingerprint density at radius 3 is 2.52 bits per heavy atom. The van der Waals surface area contributed by atoms with Crippen molar-refractivity contribution in [2.24, 2.45) is 0 Å². The number of hydrogen-bond acceptors (Lipinski definition) is 6. The number of piperazine rings is 1. The topological polar surface area (TPSA) is 65.4 Å². The van der Waals surface area contributed by atoms with Gasteiger partial charge in [-0.25, -0.2) is 0 Å². The lowest BCUT2D eigenvalue weighted by atomic mass is 10.0. The Bertz CT molecular complexity index is 811. The molecule has 1 heterocycles. The molecule has 0 spiro atoms. The highest BCUT2D eigenvalue weighted by atomic mass is 16.5. The molecule has 1 aliphatic rings. The lowest BCUT2D eigenvalue weighted by Gasteiger charge is -2.41. The molecule has 3 rings (SSSR count). The van der Waals surface area contributed by atoms with Crippen molar-refractivity contribution in [1.29, 1.82) is 0 Å². The van der Waals surface area contributed by atoms with Gasteiger partial charge in [0, 0.05) is 57.0 Å². The van der Waals surface area contributed by atoms with Crippen LogP contribution >= 0.6 is 0 Å². The van der Waals surface area contributed by atoms with Gasteiger partial charge >= 0.3 is 0 Å². The maximum absolute atomic E-state index is 10.3. The number of methoxy groups -OCH3 is 2. The van der Waals surface area contributed by atoms with E-state index in [0.29, 0.717) is 12.3 Å². The molecule has 158 valence electrons. The Hall–Kier alpha value is -2.28. The van der Waals surface area contributed by atoms with Gasteiger partial charge in [0.1, 0.15) is 17.2 Å². The van der Waals surface area contributed by atoms with E-state index < -0.39 is 0 Å². The number of hydrogen-bond donors (Lipinski definition) is 2. The van der Waals surface area contributed by atoms with Crippen LogP contribution in [-0.4, -0.2) is 66.5 Å². The molecule has 2 aromatic rings. The van der Waals surface area contributed by atoms with Gasteiger partial charge in [0.25, 0.3) is 0 Å². The second-order valence-electron chi connectivity index (χ2n) is 7.67. The summed E-state index contributed by atoms with van der Waals surface area (Å²) in [5.74, 6) is 1.83. The Balaban J connectivity index is 1.65. The molecule has 1 aliphatic heterocycles. The predicted octanol–water partition coefficient (Wildman–Crippen LogP) is 2.79. The third-order valence-corrected chi connectivity index (χ3v) is 5.68. The summed E-state index contributed by atoms with van der Waals surface area (Å²) in [4.78, 5) is 4.79. The molecule has 6 nitrogen and oxygen atoms in total. The normalized spacial score (nSPS) is 18.0. The van der Waals surface area contributed by atoms with E-state index in [1.54, 1.807) is 20.3 Å². The highest BCUT2D eigenvalue weighted by molar-refractivity contribution is 5.39. The number of nitrogens with zero attached hydrogens (tertiary/aromatic N) is 2. The minimum atomic E-state index is 0.171. The monoisotopic (exact) mass is 400 g/mol. The van der Waals surface area contributed by atoms with Gasteiger partial charge in [-0.15, -0.1) is 0 Å². The Labute approximate surface area is 173 Å². The zero-order chi connectivity index (χ0) is 20.8. The van der Waals surface area contributed by atoms with E-state index in [9.17, 15) is 10.2 Å². The van der Waals surface area contributed by atoms with Gasteiger partial charge in [0.05, 0.1) is 14.2 Å². The van der Waals surface area contributed by atoms with Crippen LogP contribution in [0.15, 0.2) is 36.4 Å². The summed E-state index contributed by atoms with van der Waals surface area (Å²) >= 11 is 0. The molecule has 2 N–H and O–H groups in total. The average molecular weight is 401 g/mol. The first-order chi connectivity index (χ1) is 14.0. The number of rotatable bonds is 8. The van der Waals surface area contributed by atoms with Gasteiger partial charge in [-0.05, 0) is 36.6 Å². The van der Waals surface area contributed by atoms with Crippen molar-refractivity contribution in [3.05, 3.63) is 53.1 Å². The second kappa shape index (κ2) is 9.96. The van der Waals surface area contributed by atoms with E-state index in [0.717, 1.165) is 49.5 Å². The molecule has 0 unspecified atom stereocenters. The van der Waals surface area contributed by atoms with Crippen molar-refractivity contribution < 1.29 is 19.7 Å². The summed E-state index contributed by atoms with van der Waals surface area (Å²) in [6.07, 6.45) is 0.736. The van der Waals surface area contributed by atoms with E-state index >= 15 is 0 Å². The first kappa shape index (κ1) is 21.4. The summed E-state index contributed by atoms with van der Waals surface area (Å²) < 4.78 is 10.5. The number of aromatic hydroxyl groups is 1. The summed E-state index contributed by atoms with van der Waals surface area (Å²) in [5, 5.41) is 19.8. The Morgan fingerprint density at radius 1 is 1.03 bits per heavy atom. The van der Waals surface area contributed by atoms with Crippen molar-refractivity contribution in [3.63, 3.8) is 0 Å². The minimum absolute atomic E-state index is 0.171. The molecule has 1 atom stereocenters. The molecular weight excluding hydrogens is 368 g/mol. The lowest BCUT2D eigenvalue weighted by molar-refractivity contribution is 0.0496. The van der Waals surface area contributed by atoms with Crippen molar-refractivity contribution >= 4 is 0 Å². The summed E-state index contributed by atoms with van der Waals surface area (Å²) in [7, 11) is 3.29. The molecule has 0 amide bonds. The largest absolute Gasteiger partial charge is 0.507 e. The van der Waals surface area contributed by atoms with Crippen molar-refractivity contribution in [3.8, 4) is 17.2 Å². The van der Waals surface area contributed by atoms with Crippen LogP contribution in [0, 0.1) is 6.92 Å². The van der Waals surface area contributed by atoms with Gasteiger partial charge in [-0.1, -0.05) is 18.2 Å². The number of phenols is 1. The fourth-order valence-corrected chi connectivity index (χ4v) is 4.05. The summed E-state index contributed by atoms with van der Waals surface area (Å²) in [6.45, 7) is 6.48. The van der Waals surface area contributed by atoms with Crippen molar-refractivity contribution in [1.82, 2.24) is 9.80 Å². The minimum Gasteiger partial charge on any atom is -0.507 e. The van der Waals surface area contributed by atoms with Crippen LogP contribution in [0.5, 0.6) is 17.2 Å². The van der Waals surface area contributed by atoms with E-state index in [4.69, 9.17) is 9.47 Å². The highest BCUT2D eigenvalue weighted by Crippen LogP contribution is 2.26. The lowest BCUT2D eigenvalue weighted by Crippen LogP contribution is -2.52. The van der Waals surface area contributed by atoms with Crippen molar-refractivity contribution in [2.45, 2.75) is 32.5 Å². The zero-order valence-corrected chi connectivity index (χ0v) is 17.6. The molecule has 0 aromatic heterocycles. The summed E-state index contributed by atoms with van der Waals surface area (Å²) in [6, 6.07) is 12.0. The quantitative estimate of drug-likeness (QED) is 0.710. The average Bonchev–Trinajstić information content (AvgIpc) is 2.71. The molecule has 0 bridgehead atoms. The first-order valence-electron chi connectivity index (χ1n) is 10.1. The third kappa shape index (κ3) is 5.41. The van der Waals surface area contributed by atoms with E-state index in [2.05, 4.69) is 28.9 Å². The van der Waals surface area contributed by atoms with Crippen LogP contribution in [-0.2, 0) is 13.1 Å². The number of aliphatic hydroxyl groups excluding tert-OH is 1. The van der Waals surface area contributed by atoms with Crippen LogP contribution < -0.4 is 9.47 Å². The van der Waals surface area contributed by atoms with Gasteiger partial charge in [-0.3, -0.25) is 9.80 Å². The number of aryl methyl sites for hydroxylation is 1. The standard InChI is InChI=1S/C23H32N2O4/c1-17-12-18(4-7-23(17)29-3)14-25-10-9-24(16-20(25)8-11-26)15-19-5-6-21(28-2)13-22(19)27/h4-7,12-13,20,26-27H,8-11,14-16H2,1-3H3/t20-/m0/s1. The Kier molecular flexibility index (Phi) is 7.36. The molecule has 29 heavy (non-hydrogen) atoms. The van der Waals surface area contributed by atoms with E-state index in [1.165, 1.54) is 5.56 Å². The number of aliphatic hydroxyl groups is 1. The molecule has 1 fully saturated rings. The van der Waals surface area contributed by atoms with Gasteiger partial charge < -0.3 is 19.7 Å². The fraction of sp³-hybridized carbons (Fsp3) is 0.478. The molecule has 6 heteroatoms. The molecule has 2 aromatic carbocycles. The maximum Gasteiger partial charge on any atom is 0.123 e. The van der Waals surface area contributed by atoms with Crippen molar-refractivity contribution in [2.75, 3.05) is 40.5 Å². The van der Waals surface area contributed by atoms with E-state index in [1.807, 2.05) is 18.2 Å². The fourth-order valence-electron chi connectivity index (χ4n) is 4.05. The highest BCUT2D eigenvalue weighted by Gasteiger charge is 2.27. The van der Waals surface area contributed by atoms with E-state index in [-0.39, 0.29) is 18.4 Å². The third-order valence-electron chi connectivity index (χ3n) is 5.68. The van der Waals surface area contributed by atoms with Gasteiger partial charge in [0.2, 0.25) is 0 Å². The number of ether oxygens (including phenoxy) is 2. The SMILES string of the molecule is COc1ccc(CN2CCN(Cc3ccc(OC)c(C)c3)[C@@H](CCO)C2)c(O)c1.